The van der Waals surface area contributed by atoms with Crippen molar-refractivity contribution in [1.82, 2.24) is 0 Å². The summed E-state index contributed by atoms with van der Waals surface area (Å²) in [7, 11) is 0. The van der Waals surface area contributed by atoms with Gasteiger partial charge in [0.1, 0.15) is 6.04 Å². The minimum atomic E-state index is -0.581. The molecule has 2 unspecified atom stereocenters. The van der Waals surface area contributed by atoms with Gasteiger partial charge in [0.05, 0.1) is 6.10 Å². The van der Waals surface area contributed by atoms with Crippen LogP contribution in [0.3, 0.4) is 0 Å². The standard InChI is InChI=1S/C14H19BrN2O2/c1-9(18)11-8-10(15)5-6-12(11)17-7-3-2-4-13(17)14(16)19/h5-6,8-9,13,18H,2-4,7H2,1H3,(H2,16,19). The van der Waals surface area contributed by atoms with Gasteiger partial charge in [-0.05, 0) is 44.4 Å². The molecule has 1 saturated heterocycles. The molecule has 2 atom stereocenters. The van der Waals surface area contributed by atoms with E-state index >= 15 is 0 Å². The SMILES string of the molecule is CC(O)c1cc(Br)ccc1N1CCCCC1C(N)=O. The van der Waals surface area contributed by atoms with Crippen LogP contribution in [0.2, 0.25) is 0 Å². The summed E-state index contributed by atoms with van der Waals surface area (Å²) in [6.07, 6.45) is 2.26. The number of hydrogen-bond acceptors (Lipinski definition) is 3. The van der Waals surface area contributed by atoms with Crippen molar-refractivity contribution in [2.24, 2.45) is 5.73 Å². The first-order chi connectivity index (χ1) is 9.00. The summed E-state index contributed by atoms with van der Waals surface area (Å²) in [5, 5.41) is 9.92. The largest absolute Gasteiger partial charge is 0.389 e. The van der Waals surface area contributed by atoms with Crippen molar-refractivity contribution in [1.29, 1.82) is 0 Å². The molecule has 19 heavy (non-hydrogen) atoms. The first-order valence-corrected chi connectivity index (χ1v) is 7.33. The summed E-state index contributed by atoms with van der Waals surface area (Å²) < 4.78 is 0.916. The Hall–Kier alpha value is -1.07. The lowest BCUT2D eigenvalue weighted by Crippen LogP contribution is -2.48. The quantitative estimate of drug-likeness (QED) is 0.895. The average Bonchev–Trinajstić information content (AvgIpc) is 2.38. The topological polar surface area (TPSA) is 66.6 Å². The summed E-state index contributed by atoms with van der Waals surface area (Å²) in [6, 6.07) is 5.49. The highest BCUT2D eigenvalue weighted by Crippen LogP contribution is 2.33. The Labute approximate surface area is 121 Å². The third-order valence-electron chi connectivity index (χ3n) is 3.58. The van der Waals surface area contributed by atoms with E-state index in [0.717, 1.165) is 41.5 Å². The van der Waals surface area contributed by atoms with Crippen LogP contribution >= 0.6 is 15.9 Å². The van der Waals surface area contributed by atoms with Crippen LogP contribution < -0.4 is 10.6 Å². The van der Waals surface area contributed by atoms with Crippen LogP contribution in [0.15, 0.2) is 22.7 Å². The van der Waals surface area contributed by atoms with Gasteiger partial charge in [-0.1, -0.05) is 15.9 Å². The number of nitrogens with two attached hydrogens (primary N) is 1. The van der Waals surface area contributed by atoms with E-state index in [-0.39, 0.29) is 11.9 Å². The van der Waals surface area contributed by atoms with Crippen molar-refractivity contribution in [3.63, 3.8) is 0 Å². The predicted molar refractivity (Wildman–Crippen MR) is 79.0 cm³/mol. The van der Waals surface area contributed by atoms with Crippen LogP contribution in [-0.2, 0) is 4.79 Å². The first kappa shape index (κ1) is 14.3. The molecule has 1 heterocycles. The molecule has 0 radical (unpaired) electrons. The molecule has 1 aliphatic heterocycles. The van der Waals surface area contributed by atoms with Crippen LogP contribution in [0.25, 0.3) is 0 Å². The third kappa shape index (κ3) is 3.09. The molecule has 1 aromatic rings. The van der Waals surface area contributed by atoms with Gasteiger partial charge >= 0.3 is 0 Å². The van der Waals surface area contributed by atoms with Crippen molar-refractivity contribution in [3.05, 3.63) is 28.2 Å². The molecule has 5 heteroatoms. The van der Waals surface area contributed by atoms with Gasteiger partial charge in [0.15, 0.2) is 0 Å². The average molecular weight is 327 g/mol. The molecule has 0 spiro atoms. The number of rotatable bonds is 3. The molecular formula is C14H19BrN2O2. The zero-order chi connectivity index (χ0) is 14.0. The van der Waals surface area contributed by atoms with Gasteiger partial charge in [-0.3, -0.25) is 4.79 Å². The second-order valence-electron chi connectivity index (χ2n) is 4.99. The molecule has 0 aromatic heterocycles. The molecule has 0 aliphatic carbocycles. The molecular weight excluding hydrogens is 308 g/mol. The molecule has 1 fully saturated rings. The van der Waals surface area contributed by atoms with E-state index in [0.29, 0.717) is 0 Å². The lowest BCUT2D eigenvalue weighted by Gasteiger charge is -2.37. The number of carbonyl (C=O) groups is 1. The fourth-order valence-corrected chi connectivity index (χ4v) is 3.02. The maximum Gasteiger partial charge on any atom is 0.240 e. The highest BCUT2D eigenvalue weighted by Gasteiger charge is 2.29. The van der Waals surface area contributed by atoms with Crippen LogP contribution in [0.1, 0.15) is 37.9 Å². The van der Waals surface area contributed by atoms with E-state index in [4.69, 9.17) is 5.73 Å². The maximum atomic E-state index is 11.6. The molecule has 0 saturated carbocycles. The van der Waals surface area contributed by atoms with Crippen LogP contribution in [0, 0.1) is 0 Å². The smallest absolute Gasteiger partial charge is 0.240 e. The first-order valence-electron chi connectivity index (χ1n) is 6.54. The van der Waals surface area contributed by atoms with Gasteiger partial charge in [0, 0.05) is 22.3 Å². The number of carbonyl (C=O) groups excluding carboxylic acids is 1. The van der Waals surface area contributed by atoms with E-state index in [9.17, 15) is 9.90 Å². The second-order valence-corrected chi connectivity index (χ2v) is 5.90. The molecule has 1 aromatic carbocycles. The van der Waals surface area contributed by atoms with Crippen molar-refractivity contribution in [2.45, 2.75) is 38.3 Å². The number of nitrogens with zero attached hydrogens (tertiary/aromatic N) is 1. The highest BCUT2D eigenvalue weighted by atomic mass is 79.9. The Kier molecular flexibility index (Phi) is 4.47. The summed E-state index contributed by atoms with van der Waals surface area (Å²) in [6.45, 7) is 2.53. The Bertz CT molecular complexity index is 477. The van der Waals surface area contributed by atoms with E-state index in [1.165, 1.54) is 0 Å². The molecule has 4 nitrogen and oxygen atoms in total. The van der Waals surface area contributed by atoms with Crippen molar-refractivity contribution in [2.75, 3.05) is 11.4 Å². The van der Waals surface area contributed by atoms with E-state index < -0.39 is 6.10 Å². The van der Waals surface area contributed by atoms with Crippen molar-refractivity contribution in [3.8, 4) is 0 Å². The molecule has 2 rings (SSSR count). The van der Waals surface area contributed by atoms with Crippen LogP contribution in [0.5, 0.6) is 0 Å². The van der Waals surface area contributed by atoms with Gasteiger partial charge in [-0.2, -0.15) is 0 Å². The molecule has 104 valence electrons. The Balaban J connectivity index is 2.41. The number of aliphatic hydroxyl groups is 1. The molecule has 1 aliphatic rings. The zero-order valence-corrected chi connectivity index (χ0v) is 12.6. The number of anilines is 1. The Morgan fingerprint density at radius 3 is 2.89 bits per heavy atom. The number of halogens is 1. The Morgan fingerprint density at radius 1 is 1.53 bits per heavy atom. The molecule has 3 N–H and O–H groups in total. The van der Waals surface area contributed by atoms with E-state index in [1.807, 2.05) is 23.1 Å². The van der Waals surface area contributed by atoms with Crippen molar-refractivity contribution < 1.29 is 9.90 Å². The number of aliphatic hydroxyl groups excluding tert-OH is 1. The van der Waals surface area contributed by atoms with Crippen LogP contribution in [-0.4, -0.2) is 23.6 Å². The summed E-state index contributed by atoms with van der Waals surface area (Å²) in [5.41, 5.74) is 7.22. The number of amides is 1. The maximum absolute atomic E-state index is 11.6. The minimum absolute atomic E-state index is 0.271. The highest BCUT2D eigenvalue weighted by molar-refractivity contribution is 9.10. The number of hydrogen-bond donors (Lipinski definition) is 2. The lowest BCUT2D eigenvalue weighted by atomic mass is 9.98. The fraction of sp³-hybridized carbons (Fsp3) is 0.500. The number of benzene rings is 1. The Morgan fingerprint density at radius 2 is 2.26 bits per heavy atom. The molecule has 0 bridgehead atoms. The zero-order valence-electron chi connectivity index (χ0n) is 11.0. The van der Waals surface area contributed by atoms with Gasteiger partial charge in [0.25, 0.3) is 0 Å². The summed E-state index contributed by atoms with van der Waals surface area (Å²) >= 11 is 3.41. The minimum Gasteiger partial charge on any atom is -0.389 e. The van der Waals surface area contributed by atoms with Crippen molar-refractivity contribution >= 4 is 27.5 Å². The number of primary amides is 1. The van der Waals surface area contributed by atoms with E-state index in [2.05, 4.69) is 15.9 Å². The van der Waals surface area contributed by atoms with Gasteiger partial charge < -0.3 is 15.7 Å². The number of piperidine rings is 1. The predicted octanol–water partition coefficient (Wildman–Crippen LogP) is 2.35. The fourth-order valence-electron chi connectivity index (χ4n) is 2.64. The molecule has 1 amide bonds. The normalized spacial score (nSPS) is 21.2. The summed E-state index contributed by atoms with van der Waals surface area (Å²) in [4.78, 5) is 13.6. The monoisotopic (exact) mass is 326 g/mol. The van der Waals surface area contributed by atoms with Gasteiger partial charge in [-0.15, -0.1) is 0 Å². The van der Waals surface area contributed by atoms with Crippen LogP contribution in [0.4, 0.5) is 5.69 Å². The van der Waals surface area contributed by atoms with Gasteiger partial charge in [0.2, 0.25) is 5.91 Å². The van der Waals surface area contributed by atoms with Gasteiger partial charge in [-0.25, -0.2) is 0 Å². The third-order valence-corrected chi connectivity index (χ3v) is 4.07. The second kappa shape index (κ2) is 5.92. The summed E-state index contributed by atoms with van der Waals surface area (Å²) in [5.74, 6) is -0.292. The van der Waals surface area contributed by atoms with E-state index in [1.54, 1.807) is 6.92 Å². The lowest BCUT2D eigenvalue weighted by molar-refractivity contribution is -0.119.